The number of nitrogens with two attached hydrogens (primary N) is 3. The van der Waals surface area contributed by atoms with Crippen LogP contribution in [0.1, 0.15) is 21.5 Å². The number of hydrazine groups is 1. The smallest absolute Gasteiger partial charge is 0.251 e. The van der Waals surface area contributed by atoms with Crippen LogP contribution in [0.25, 0.3) is 0 Å². The normalized spacial score (nSPS) is 11.1. The van der Waals surface area contributed by atoms with Crippen LogP contribution < -0.4 is 28.1 Å². The minimum atomic E-state index is -0.145. The topological polar surface area (TPSA) is 161 Å². The maximum atomic E-state index is 11.7. The number of hydrogen-bond donors (Lipinski definition) is 5. The van der Waals surface area contributed by atoms with Crippen molar-refractivity contribution in [3.8, 4) is 0 Å². The summed E-state index contributed by atoms with van der Waals surface area (Å²) in [6, 6.07) is 5.29. The molecule has 0 radical (unpaired) electrons. The number of nitrogen functional groups attached to an aromatic ring is 1. The molecule has 0 aliphatic carbocycles. The first kappa shape index (κ1) is 17.9. The predicted octanol–water partition coefficient (Wildman–Crippen LogP) is -0.104. The van der Waals surface area contributed by atoms with Gasteiger partial charge in [-0.1, -0.05) is 0 Å². The molecule has 0 fully saturated rings. The molecule has 2 aromatic rings. The van der Waals surface area contributed by atoms with Crippen molar-refractivity contribution in [2.45, 2.75) is 6.92 Å². The van der Waals surface area contributed by atoms with Gasteiger partial charge in [0, 0.05) is 31.5 Å². The second-order valence-electron chi connectivity index (χ2n) is 5.29. The Morgan fingerprint density at radius 3 is 2.56 bits per heavy atom. The Labute approximate surface area is 145 Å². The lowest BCUT2D eigenvalue weighted by atomic mass is 10.1. The van der Waals surface area contributed by atoms with Gasteiger partial charge < -0.3 is 22.2 Å². The third-order valence-electron chi connectivity index (χ3n) is 3.47. The van der Waals surface area contributed by atoms with E-state index in [1.807, 2.05) is 13.0 Å². The molecule has 0 aliphatic rings. The molecule has 0 aliphatic heterocycles. The fourth-order valence-electron chi connectivity index (χ4n) is 2.24. The number of carbonyl (C=O) groups excluding carboxylic acids is 1. The highest BCUT2D eigenvalue weighted by atomic mass is 16.1. The van der Waals surface area contributed by atoms with Gasteiger partial charge in [0.05, 0.1) is 5.56 Å². The molecule has 0 atom stereocenters. The van der Waals surface area contributed by atoms with Crippen LogP contribution in [0.2, 0.25) is 0 Å². The van der Waals surface area contributed by atoms with Gasteiger partial charge in [0.15, 0.2) is 5.84 Å². The number of anilines is 3. The molecule has 1 heterocycles. The van der Waals surface area contributed by atoms with Gasteiger partial charge >= 0.3 is 0 Å². The second-order valence-corrected chi connectivity index (χ2v) is 5.29. The van der Waals surface area contributed by atoms with Crippen molar-refractivity contribution >= 4 is 29.2 Å². The molecule has 1 amide bonds. The van der Waals surface area contributed by atoms with E-state index < -0.39 is 0 Å². The second kappa shape index (κ2) is 7.45. The van der Waals surface area contributed by atoms with Crippen molar-refractivity contribution < 1.29 is 4.79 Å². The molecule has 132 valence electrons. The molecular weight excluding hydrogens is 322 g/mol. The van der Waals surface area contributed by atoms with Crippen LogP contribution in [0.3, 0.4) is 0 Å². The van der Waals surface area contributed by atoms with E-state index in [0.29, 0.717) is 17.1 Å². The van der Waals surface area contributed by atoms with Gasteiger partial charge in [-0.15, -0.1) is 0 Å². The monoisotopic (exact) mass is 343 g/mol. The summed E-state index contributed by atoms with van der Waals surface area (Å²) >= 11 is 0. The zero-order chi connectivity index (χ0) is 18.6. The number of rotatable bonds is 4. The zero-order valence-electron chi connectivity index (χ0n) is 14.2. The highest BCUT2D eigenvalue weighted by Gasteiger charge is 2.14. The molecule has 1 aromatic heterocycles. The molecule has 10 heteroatoms. The summed E-state index contributed by atoms with van der Waals surface area (Å²) in [5.41, 5.74) is 8.49. The van der Waals surface area contributed by atoms with Crippen LogP contribution >= 0.6 is 0 Å². The predicted molar refractivity (Wildman–Crippen MR) is 97.0 cm³/mol. The number of nitrogens with zero attached hydrogens (tertiary/aromatic N) is 4. The van der Waals surface area contributed by atoms with Gasteiger partial charge in [-0.3, -0.25) is 9.80 Å². The first-order valence-electron chi connectivity index (χ1n) is 7.36. The quantitative estimate of drug-likeness (QED) is 0.222. The van der Waals surface area contributed by atoms with Crippen LogP contribution in [-0.4, -0.2) is 40.8 Å². The lowest BCUT2D eigenvalue weighted by molar-refractivity contribution is 0.0962. The molecule has 0 spiro atoms. The molecule has 2 rings (SSSR count). The third kappa shape index (κ3) is 3.93. The Balaban J connectivity index is 2.26. The molecular formula is C15H21N9O. The Morgan fingerprint density at radius 2 is 2.04 bits per heavy atom. The minimum Gasteiger partial charge on any atom is -0.383 e. The van der Waals surface area contributed by atoms with Gasteiger partial charge in [-0.05, 0) is 30.7 Å². The number of carbonyl (C=O) groups is 1. The number of aryl methyl sites for hydroxylation is 1. The number of aromatic nitrogens is 2. The van der Waals surface area contributed by atoms with Gasteiger partial charge in [-0.25, -0.2) is 10.8 Å². The minimum absolute atomic E-state index is 0.145. The number of benzene rings is 1. The zero-order valence-corrected chi connectivity index (χ0v) is 14.2. The molecule has 0 saturated heterocycles. The average molecular weight is 343 g/mol. The number of hydrogen-bond acceptors (Lipinski definition) is 8. The number of amidine groups is 1. The number of nitrogens with one attached hydrogen (secondary N) is 2. The first-order valence-corrected chi connectivity index (χ1v) is 7.36. The lowest BCUT2D eigenvalue weighted by Crippen LogP contribution is -2.35. The SMILES string of the molecule is CNC(=O)c1ccc(Nc2ncc(/C(=N/N)N(C)N)c(N)n2)cc1C. The molecule has 1 aromatic carbocycles. The van der Waals surface area contributed by atoms with E-state index in [4.69, 9.17) is 17.4 Å². The van der Waals surface area contributed by atoms with Gasteiger partial charge in [0.2, 0.25) is 5.95 Å². The third-order valence-corrected chi connectivity index (χ3v) is 3.47. The summed E-state index contributed by atoms with van der Waals surface area (Å²) in [6.07, 6.45) is 1.48. The summed E-state index contributed by atoms with van der Waals surface area (Å²) in [7, 11) is 3.16. The van der Waals surface area contributed by atoms with E-state index in [1.54, 1.807) is 26.2 Å². The molecule has 25 heavy (non-hydrogen) atoms. The highest BCUT2D eigenvalue weighted by Crippen LogP contribution is 2.19. The maximum Gasteiger partial charge on any atom is 0.251 e. The average Bonchev–Trinajstić information content (AvgIpc) is 2.56. The van der Waals surface area contributed by atoms with Crippen LogP contribution in [0.15, 0.2) is 29.5 Å². The van der Waals surface area contributed by atoms with Gasteiger partial charge in [-0.2, -0.15) is 10.1 Å². The summed E-state index contributed by atoms with van der Waals surface area (Å²) in [5, 5.41) is 10.4. The van der Waals surface area contributed by atoms with Crippen molar-refractivity contribution in [1.29, 1.82) is 0 Å². The van der Waals surface area contributed by atoms with Crippen molar-refractivity contribution in [2.75, 3.05) is 25.1 Å². The van der Waals surface area contributed by atoms with E-state index in [-0.39, 0.29) is 17.6 Å². The summed E-state index contributed by atoms with van der Waals surface area (Å²) in [4.78, 5) is 20.1. The Hall–Kier alpha value is -3.40. The van der Waals surface area contributed by atoms with Crippen LogP contribution in [0.4, 0.5) is 17.5 Å². The van der Waals surface area contributed by atoms with E-state index in [9.17, 15) is 4.79 Å². The van der Waals surface area contributed by atoms with Crippen molar-refractivity contribution in [2.24, 2.45) is 16.8 Å². The van der Waals surface area contributed by atoms with Crippen molar-refractivity contribution in [3.05, 3.63) is 41.1 Å². The number of hydrazone groups is 1. The maximum absolute atomic E-state index is 11.7. The molecule has 0 unspecified atom stereocenters. The number of amides is 1. The molecule has 10 nitrogen and oxygen atoms in total. The standard InChI is InChI=1S/C15H21N9O/c1-8-6-9(4-5-10(8)14(25)19-2)21-15-20-7-11(12(16)22-15)13(23-17)24(3)18/h4-7H,17-18H2,1-3H3,(H,19,25)(H3,16,20,21,22)/b23-13-. The van der Waals surface area contributed by atoms with E-state index >= 15 is 0 Å². The van der Waals surface area contributed by atoms with E-state index in [2.05, 4.69) is 25.7 Å². The van der Waals surface area contributed by atoms with Crippen LogP contribution in [-0.2, 0) is 0 Å². The molecule has 8 N–H and O–H groups in total. The Kier molecular flexibility index (Phi) is 5.35. The fraction of sp³-hybridized carbons (Fsp3) is 0.200. The Morgan fingerprint density at radius 1 is 1.32 bits per heavy atom. The summed E-state index contributed by atoms with van der Waals surface area (Å²) < 4.78 is 0. The highest BCUT2D eigenvalue weighted by molar-refractivity contribution is 6.01. The summed E-state index contributed by atoms with van der Waals surface area (Å²) in [6.45, 7) is 1.84. The van der Waals surface area contributed by atoms with E-state index in [1.165, 1.54) is 11.2 Å². The Bertz CT molecular complexity index is 817. The van der Waals surface area contributed by atoms with E-state index in [0.717, 1.165) is 11.3 Å². The largest absolute Gasteiger partial charge is 0.383 e. The lowest BCUT2D eigenvalue weighted by Gasteiger charge is -2.15. The summed E-state index contributed by atoms with van der Waals surface area (Å²) in [5.74, 6) is 11.5. The molecule has 0 bridgehead atoms. The van der Waals surface area contributed by atoms with Crippen LogP contribution in [0, 0.1) is 6.92 Å². The van der Waals surface area contributed by atoms with Crippen LogP contribution in [0.5, 0.6) is 0 Å². The van der Waals surface area contributed by atoms with Gasteiger partial charge in [0.1, 0.15) is 5.82 Å². The fourth-order valence-corrected chi connectivity index (χ4v) is 2.24. The van der Waals surface area contributed by atoms with Crippen molar-refractivity contribution in [1.82, 2.24) is 20.3 Å². The van der Waals surface area contributed by atoms with Gasteiger partial charge in [0.25, 0.3) is 5.91 Å². The van der Waals surface area contributed by atoms with Crippen molar-refractivity contribution in [3.63, 3.8) is 0 Å². The molecule has 0 saturated carbocycles. The first-order chi connectivity index (χ1) is 11.9.